The average molecular weight is 686 g/mol. The molecule has 2 saturated carbocycles. The highest BCUT2D eigenvalue weighted by molar-refractivity contribution is 5.60. The van der Waals surface area contributed by atoms with Gasteiger partial charge in [0.25, 0.3) is 0 Å². The van der Waals surface area contributed by atoms with E-state index in [9.17, 15) is 0 Å². The van der Waals surface area contributed by atoms with Crippen molar-refractivity contribution in [3.05, 3.63) is 155 Å². The van der Waals surface area contributed by atoms with E-state index in [2.05, 4.69) is 115 Å². The second-order valence-corrected chi connectivity index (χ2v) is 17.8. The summed E-state index contributed by atoms with van der Waals surface area (Å²) in [6.45, 7) is 4.06. The molecule has 1 nitrogen and oxygen atoms in total. The number of rotatable bonds is 5. The third-order valence-electron chi connectivity index (χ3n) is 15.8. The summed E-state index contributed by atoms with van der Waals surface area (Å²) in [6, 6.07) is 0.339. The van der Waals surface area contributed by atoms with Crippen molar-refractivity contribution in [2.45, 2.75) is 102 Å². The molecule has 0 aromatic rings. The largest absolute Gasteiger partial charge is 0.382 e. The molecule has 10 aliphatic rings. The summed E-state index contributed by atoms with van der Waals surface area (Å²) in [4.78, 5) is 0. The van der Waals surface area contributed by atoms with Gasteiger partial charge < -0.3 is 5.32 Å². The molecular formula is C51H59N. The van der Waals surface area contributed by atoms with Crippen LogP contribution in [0.1, 0.15) is 96.3 Å². The van der Waals surface area contributed by atoms with Crippen molar-refractivity contribution in [2.24, 2.45) is 52.3 Å². The van der Waals surface area contributed by atoms with Gasteiger partial charge in [-0.05, 0) is 124 Å². The molecule has 0 aliphatic heterocycles. The van der Waals surface area contributed by atoms with Gasteiger partial charge >= 0.3 is 0 Å². The zero-order valence-electron chi connectivity index (χ0n) is 31.3. The molecule has 0 aromatic carbocycles. The maximum atomic E-state index is 4.30. The fourth-order valence-electron chi connectivity index (χ4n) is 14.4. The smallest absolute Gasteiger partial charge is 0.0512 e. The molecule has 0 aromatic heterocycles. The molecule has 0 radical (unpaired) electrons. The molecule has 1 heteroatoms. The normalized spacial score (nSPS) is 42.0. The van der Waals surface area contributed by atoms with Gasteiger partial charge in [-0.2, -0.15) is 0 Å². The number of hydrogen-bond acceptors (Lipinski definition) is 1. The molecule has 52 heavy (non-hydrogen) atoms. The third kappa shape index (κ3) is 4.79. The van der Waals surface area contributed by atoms with Crippen molar-refractivity contribution in [3.8, 4) is 0 Å². The number of allylic oxidation sites excluding steroid dienone is 23. The number of fused-ring (bicyclic) bond motifs is 11. The first-order valence-corrected chi connectivity index (χ1v) is 21.4. The molecule has 9 unspecified atom stereocenters. The van der Waals surface area contributed by atoms with E-state index >= 15 is 0 Å². The summed E-state index contributed by atoms with van der Waals surface area (Å²) in [5.41, 5.74) is 12.7. The molecule has 268 valence electrons. The van der Waals surface area contributed by atoms with Crippen molar-refractivity contribution in [1.82, 2.24) is 5.32 Å². The molecule has 10 atom stereocenters. The van der Waals surface area contributed by atoms with Gasteiger partial charge in [0.15, 0.2) is 0 Å². The number of hydrogen-bond donors (Lipinski definition) is 1. The lowest BCUT2D eigenvalue weighted by atomic mass is 9.36. The van der Waals surface area contributed by atoms with Crippen LogP contribution in [0, 0.1) is 52.3 Å². The van der Waals surface area contributed by atoms with Crippen LogP contribution in [0.25, 0.3) is 0 Å². The van der Waals surface area contributed by atoms with Crippen molar-refractivity contribution >= 4 is 0 Å². The van der Waals surface area contributed by atoms with Gasteiger partial charge in [-0.1, -0.05) is 151 Å². The van der Waals surface area contributed by atoms with Crippen molar-refractivity contribution in [3.63, 3.8) is 0 Å². The second-order valence-electron chi connectivity index (χ2n) is 17.8. The van der Waals surface area contributed by atoms with E-state index in [1.807, 2.05) is 22.8 Å². The highest BCUT2D eigenvalue weighted by atomic mass is 14.9. The Labute approximate surface area is 314 Å². The van der Waals surface area contributed by atoms with Crippen LogP contribution in [0.4, 0.5) is 0 Å². The van der Waals surface area contributed by atoms with Gasteiger partial charge in [0, 0.05) is 28.4 Å². The second kappa shape index (κ2) is 13.4. The average Bonchev–Trinajstić information content (AvgIpc) is 3.69. The Morgan fingerprint density at radius 2 is 1.56 bits per heavy atom. The fraction of sp³-hybridized carbons (Fsp3) is 0.490. The fourth-order valence-corrected chi connectivity index (χ4v) is 14.4. The van der Waals surface area contributed by atoms with Gasteiger partial charge in [-0.15, -0.1) is 0 Å². The highest BCUT2D eigenvalue weighted by Gasteiger charge is 2.71. The summed E-state index contributed by atoms with van der Waals surface area (Å²) in [7, 11) is 0. The lowest BCUT2D eigenvalue weighted by molar-refractivity contribution is -0.0897. The van der Waals surface area contributed by atoms with Crippen LogP contribution in [0.15, 0.2) is 155 Å². The van der Waals surface area contributed by atoms with E-state index in [4.69, 9.17) is 0 Å². The Morgan fingerprint density at radius 1 is 0.731 bits per heavy atom. The maximum absolute atomic E-state index is 4.30. The van der Waals surface area contributed by atoms with Gasteiger partial charge in [-0.3, -0.25) is 0 Å². The lowest BCUT2D eigenvalue weighted by Gasteiger charge is -2.67. The molecular weight excluding hydrogens is 627 g/mol. The lowest BCUT2D eigenvalue weighted by Crippen LogP contribution is -2.62. The standard InChI is InChI=1S/C51H59N/c1-2-3-5-21-37-33-36-20-8-12-25-42(36)50(37)45-28-15-16-29-46(45)51(43-26-13-9-23-40(43)41-24-10-14-27-44(41)51)48-34-38(31-32-47(48)50)52-49-30-17-11-22-39(49)35-18-6-4-7-19-35/h2-9,11,17-18,20-23,27,30,34-35,39,41,45-49,52H,1,10,12-16,19,24-26,28-29,31-33H2/b5-3-,37-21+/t35?,39?,41?,45?,46?,47?,48?,49?,50?,51-/m1/s1. The minimum absolute atomic E-state index is 0.169. The Balaban J connectivity index is 1.17. The zero-order valence-corrected chi connectivity index (χ0v) is 31.3. The van der Waals surface area contributed by atoms with E-state index in [0.717, 1.165) is 18.8 Å². The van der Waals surface area contributed by atoms with E-state index < -0.39 is 0 Å². The SMILES string of the molecule is C=C/C=C\C=C1/CC2=C(CCC=C2)C12C1CCC(NC3C=CC=CC3C3C=CC=CC3)=CC1[C@]1(C3=CCCCC3C3=C1CCC=C3)C1CCCCC12. The zero-order chi connectivity index (χ0) is 34.7. The van der Waals surface area contributed by atoms with E-state index in [-0.39, 0.29) is 10.8 Å². The van der Waals surface area contributed by atoms with Crippen LogP contribution >= 0.6 is 0 Å². The van der Waals surface area contributed by atoms with Crippen LogP contribution in [0.2, 0.25) is 0 Å². The Morgan fingerprint density at radius 3 is 2.42 bits per heavy atom. The van der Waals surface area contributed by atoms with E-state index in [1.165, 1.54) is 89.2 Å². The van der Waals surface area contributed by atoms with Crippen LogP contribution in [0.5, 0.6) is 0 Å². The summed E-state index contributed by atoms with van der Waals surface area (Å²) >= 11 is 0. The highest BCUT2D eigenvalue weighted by Crippen LogP contribution is 2.78. The summed E-state index contributed by atoms with van der Waals surface area (Å²) in [5.74, 6) is 4.26. The first kappa shape index (κ1) is 33.0. The first-order chi connectivity index (χ1) is 25.8. The number of nitrogens with one attached hydrogen (secondary N) is 1. The molecule has 10 rings (SSSR count). The quantitative estimate of drug-likeness (QED) is 0.224. The molecule has 1 N–H and O–H groups in total. The minimum Gasteiger partial charge on any atom is -0.382 e. The predicted molar refractivity (Wildman–Crippen MR) is 218 cm³/mol. The minimum atomic E-state index is 0.169. The summed E-state index contributed by atoms with van der Waals surface area (Å²) < 4.78 is 0. The molecule has 0 saturated heterocycles. The van der Waals surface area contributed by atoms with Crippen molar-refractivity contribution < 1.29 is 0 Å². The topological polar surface area (TPSA) is 12.0 Å². The van der Waals surface area contributed by atoms with E-state index in [0.29, 0.717) is 41.5 Å². The molecule has 10 aliphatic carbocycles. The van der Waals surface area contributed by atoms with Crippen LogP contribution in [-0.4, -0.2) is 6.04 Å². The van der Waals surface area contributed by atoms with Crippen LogP contribution in [-0.2, 0) is 0 Å². The molecule has 0 heterocycles. The van der Waals surface area contributed by atoms with Crippen molar-refractivity contribution in [1.29, 1.82) is 0 Å². The van der Waals surface area contributed by atoms with Gasteiger partial charge in [0.05, 0.1) is 6.04 Å². The summed E-state index contributed by atoms with van der Waals surface area (Å²) in [6.07, 6.45) is 63.1. The van der Waals surface area contributed by atoms with Gasteiger partial charge in [0.2, 0.25) is 0 Å². The third-order valence-corrected chi connectivity index (χ3v) is 15.8. The molecule has 2 fully saturated rings. The van der Waals surface area contributed by atoms with Crippen molar-refractivity contribution in [2.75, 3.05) is 0 Å². The van der Waals surface area contributed by atoms with E-state index in [1.54, 1.807) is 16.7 Å². The Hall–Kier alpha value is -3.58. The van der Waals surface area contributed by atoms with Gasteiger partial charge in [0.1, 0.15) is 0 Å². The first-order valence-electron chi connectivity index (χ1n) is 21.4. The van der Waals surface area contributed by atoms with Crippen LogP contribution in [0.3, 0.4) is 0 Å². The van der Waals surface area contributed by atoms with Gasteiger partial charge in [-0.25, -0.2) is 0 Å². The monoisotopic (exact) mass is 685 g/mol. The Kier molecular flexibility index (Phi) is 8.49. The van der Waals surface area contributed by atoms with Crippen LogP contribution < -0.4 is 5.32 Å². The molecule has 0 bridgehead atoms. The maximum Gasteiger partial charge on any atom is 0.0512 e. The molecule has 2 spiro atoms. The summed E-state index contributed by atoms with van der Waals surface area (Å²) in [5, 5.41) is 4.30. The predicted octanol–water partition coefficient (Wildman–Crippen LogP) is 12.6. The Bertz CT molecular complexity index is 1870. The molecule has 0 amide bonds.